The third-order valence-electron chi connectivity index (χ3n) is 3.32. The maximum absolute atomic E-state index is 5.56. The van der Waals surface area contributed by atoms with Crippen LogP contribution in [0.25, 0.3) is 0 Å². The second-order valence-electron chi connectivity index (χ2n) is 4.10. The molecule has 3 N–H and O–H groups in total. The number of anilines is 1. The average molecular weight is 252 g/mol. The first-order valence-corrected chi connectivity index (χ1v) is 6.38. The Morgan fingerprint density at radius 3 is 2.41 bits per heavy atom. The number of rotatable bonds is 6. The van der Waals surface area contributed by atoms with Crippen LogP contribution in [0.4, 0.5) is 5.95 Å². The van der Waals surface area contributed by atoms with Crippen molar-refractivity contribution in [3.63, 3.8) is 0 Å². The zero-order valence-corrected chi connectivity index (χ0v) is 11.5. The molecular weight excluding hydrogens is 232 g/mol. The Morgan fingerprint density at radius 2 is 1.94 bits per heavy atom. The molecule has 0 aromatic carbocycles. The van der Waals surface area contributed by atoms with Crippen LogP contribution in [0.2, 0.25) is 0 Å². The van der Waals surface area contributed by atoms with E-state index in [0.29, 0.717) is 16.6 Å². The lowest BCUT2D eigenvalue weighted by molar-refractivity contribution is 0.417. The van der Waals surface area contributed by atoms with Gasteiger partial charge in [-0.3, -0.25) is 0 Å². The molecule has 17 heavy (non-hydrogen) atoms. The van der Waals surface area contributed by atoms with Crippen molar-refractivity contribution in [1.82, 2.24) is 9.97 Å². The van der Waals surface area contributed by atoms with Gasteiger partial charge in [-0.15, -0.1) is 0 Å². The Balaban J connectivity index is 2.93. The van der Waals surface area contributed by atoms with Crippen LogP contribution in [0.15, 0.2) is 12.3 Å². The van der Waals surface area contributed by atoms with Gasteiger partial charge in [-0.1, -0.05) is 33.0 Å². The maximum atomic E-state index is 5.56. The summed E-state index contributed by atoms with van der Waals surface area (Å²) in [4.78, 5) is 8.82. The molecule has 0 aliphatic rings. The van der Waals surface area contributed by atoms with E-state index in [9.17, 15) is 0 Å². The minimum absolute atomic E-state index is 0.0504. The third kappa shape index (κ3) is 3.36. The first-order chi connectivity index (χ1) is 8.06. The van der Waals surface area contributed by atoms with Crippen LogP contribution in [0, 0.1) is 0 Å². The predicted octanol–water partition coefficient (Wildman–Crippen LogP) is 2.49. The van der Waals surface area contributed by atoms with Crippen molar-refractivity contribution in [2.75, 3.05) is 5.32 Å². The van der Waals surface area contributed by atoms with Crippen molar-refractivity contribution in [2.24, 2.45) is 5.73 Å². The standard InChI is InChI=1S/C12H20N4S/c1-4-12(5-2,6-3)16-11-14-8-7-9(15-11)10(13)17/h7-8H,4-6H2,1-3H3,(H2,13,17)(H,14,15,16). The normalized spacial score (nSPS) is 11.2. The smallest absolute Gasteiger partial charge is 0.223 e. The summed E-state index contributed by atoms with van der Waals surface area (Å²) in [5.74, 6) is 0.598. The van der Waals surface area contributed by atoms with Crippen molar-refractivity contribution in [3.8, 4) is 0 Å². The molecule has 1 aromatic heterocycles. The van der Waals surface area contributed by atoms with Gasteiger partial charge in [-0.2, -0.15) is 0 Å². The molecule has 0 unspecified atom stereocenters. The number of nitrogens with one attached hydrogen (secondary N) is 1. The fraction of sp³-hybridized carbons (Fsp3) is 0.583. The Kier molecular flexibility index (Phi) is 4.81. The molecular formula is C12H20N4S. The minimum atomic E-state index is 0.0504. The van der Waals surface area contributed by atoms with E-state index in [1.165, 1.54) is 0 Å². The van der Waals surface area contributed by atoms with Crippen molar-refractivity contribution in [1.29, 1.82) is 0 Å². The molecule has 0 aliphatic heterocycles. The van der Waals surface area contributed by atoms with E-state index in [0.717, 1.165) is 19.3 Å². The lowest BCUT2D eigenvalue weighted by atomic mass is 9.90. The molecule has 1 rings (SSSR count). The van der Waals surface area contributed by atoms with Crippen molar-refractivity contribution in [3.05, 3.63) is 18.0 Å². The van der Waals surface area contributed by atoms with Crippen LogP contribution in [0.1, 0.15) is 45.7 Å². The minimum Gasteiger partial charge on any atom is -0.388 e. The summed E-state index contributed by atoms with van der Waals surface area (Å²) in [7, 11) is 0. The van der Waals surface area contributed by atoms with Crippen LogP contribution in [-0.4, -0.2) is 20.5 Å². The van der Waals surface area contributed by atoms with Crippen LogP contribution in [0.5, 0.6) is 0 Å². The van der Waals surface area contributed by atoms with Crippen LogP contribution in [-0.2, 0) is 0 Å². The van der Waals surface area contributed by atoms with E-state index in [2.05, 4.69) is 36.1 Å². The highest BCUT2D eigenvalue weighted by atomic mass is 32.1. The summed E-state index contributed by atoms with van der Waals surface area (Å²) in [6.07, 6.45) is 4.76. The summed E-state index contributed by atoms with van der Waals surface area (Å²) in [6, 6.07) is 1.72. The van der Waals surface area contributed by atoms with Gasteiger partial charge in [0.2, 0.25) is 5.95 Å². The van der Waals surface area contributed by atoms with Gasteiger partial charge in [-0.25, -0.2) is 9.97 Å². The van der Waals surface area contributed by atoms with E-state index < -0.39 is 0 Å². The molecule has 1 heterocycles. The van der Waals surface area contributed by atoms with Crippen molar-refractivity contribution < 1.29 is 0 Å². The summed E-state index contributed by atoms with van der Waals surface area (Å²) in [6.45, 7) is 6.49. The van der Waals surface area contributed by atoms with Gasteiger partial charge in [0.25, 0.3) is 0 Å². The molecule has 0 atom stereocenters. The molecule has 0 radical (unpaired) electrons. The largest absolute Gasteiger partial charge is 0.388 e. The quantitative estimate of drug-likeness (QED) is 0.762. The monoisotopic (exact) mass is 252 g/mol. The SMILES string of the molecule is CCC(CC)(CC)Nc1nccc(C(N)=S)n1. The first-order valence-electron chi connectivity index (χ1n) is 5.98. The number of hydrogen-bond acceptors (Lipinski definition) is 4. The zero-order valence-electron chi connectivity index (χ0n) is 10.7. The third-order valence-corrected chi connectivity index (χ3v) is 3.52. The molecule has 94 valence electrons. The number of thiocarbonyl (C=S) groups is 1. The van der Waals surface area contributed by atoms with Crippen molar-refractivity contribution in [2.45, 2.75) is 45.6 Å². The van der Waals surface area contributed by atoms with Gasteiger partial charge in [0.1, 0.15) is 10.7 Å². The highest BCUT2D eigenvalue weighted by Gasteiger charge is 2.24. The fourth-order valence-corrected chi connectivity index (χ4v) is 1.92. The molecule has 5 heteroatoms. The Hall–Kier alpha value is -1.23. The van der Waals surface area contributed by atoms with Crippen LogP contribution < -0.4 is 11.1 Å². The molecule has 0 fully saturated rings. The van der Waals surface area contributed by atoms with E-state index >= 15 is 0 Å². The molecule has 0 bridgehead atoms. The Labute approximate surface area is 108 Å². The fourth-order valence-electron chi connectivity index (χ4n) is 1.81. The zero-order chi connectivity index (χ0) is 12.9. The van der Waals surface area contributed by atoms with Crippen molar-refractivity contribution >= 4 is 23.2 Å². The topological polar surface area (TPSA) is 63.8 Å². The second-order valence-corrected chi connectivity index (χ2v) is 4.54. The van der Waals surface area contributed by atoms with E-state index in [-0.39, 0.29) is 5.54 Å². The molecule has 1 aromatic rings. The van der Waals surface area contributed by atoms with E-state index in [4.69, 9.17) is 18.0 Å². The molecule has 0 saturated heterocycles. The van der Waals surface area contributed by atoms with Crippen LogP contribution >= 0.6 is 12.2 Å². The summed E-state index contributed by atoms with van der Waals surface area (Å²) in [5, 5.41) is 3.40. The van der Waals surface area contributed by atoms with Gasteiger partial charge in [0, 0.05) is 11.7 Å². The highest BCUT2D eigenvalue weighted by Crippen LogP contribution is 2.23. The lowest BCUT2D eigenvalue weighted by Gasteiger charge is -2.31. The van der Waals surface area contributed by atoms with E-state index in [1.54, 1.807) is 12.3 Å². The molecule has 0 spiro atoms. The summed E-state index contributed by atoms with van der Waals surface area (Å²) in [5.41, 5.74) is 6.21. The lowest BCUT2D eigenvalue weighted by Crippen LogP contribution is -2.37. The molecule has 4 nitrogen and oxygen atoms in total. The number of nitrogens with zero attached hydrogens (tertiary/aromatic N) is 2. The molecule has 0 saturated carbocycles. The summed E-state index contributed by atoms with van der Waals surface area (Å²) >= 11 is 4.91. The second kappa shape index (κ2) is 5.91. The number of nitrogens with two attached hydrogens (primary N) is 1. The summed E-state index contributed by atoms with van der Waals surface area (Å²) < 4.78 is 0. The maximum Gasteiger partial charge on any atom is 0.223 e. The molecule has 0 amide bonds. The highest BCUT2D eigenvalue weighted by molar-refractivity contribution is 7.80. The van der Waals surface area contributed by atoms with Gasteiger partial charge in [-0.05, 0) is 25.3 Å². The average Bonchev–Trinajstić information content (AvgIpc) is 2.36. The predicted molar refractivity (Wildman–Crippen MR) is 75.1 cm³/mol. The Morgan fingerprint density at radius 1 is 1.35 bits per heavy atom. The Bertz CT molecular complexity index is 380. The van der Waals surface area contributed by atoms with Gasteiger partial charge >= 0.3 is 0 Å². The van der Waals surface area contributed by atoms with Gasteiger partial charge in [0.05, 0.1) is 0 Å². The number of aromatic nitrogens is 2. The van der Waals surface area contributed by atoms with Gasteiger partial charge in [0.15, 0.2) is 0 Å². The van der Waals surface area contributed by atoms with Crippen LogP contribution in [0.3, 0.4) is 0 Å². The molecule has 0 aliphatic carbocycles. The van der Waals surface area contributed by atoms with Gasteiger partial charge < -0.3 is 11.1 Å². The van der Waals surface area contributed by atoms with E-state index in [1.807, 2.05) is 0 Å². The first kappa shape index (κ1) is 13.8. The number of hydrogen-bond donors (Lipinski definition) is 2.